The standard InChI is InChI=1S/C19H31NO/c1-14(2)12-16-6-8-17(9-7-16)19(21)13-20-18-10-4-15(3)5-11-18/h6-9,14-15,18-21H,4-5,10-13H2,1-3H3. The van der Waals surface area contributed by atoms with Gasteiger partial charge in [0, 0.05) is 12.6 Å². The first-order valence-corrected chi connectivity index (χ1v) is 8.55. The fraction of sp³-hybridized carbons (Fsp3) is 0.684. The van der Waals surface area contributed by atoms with Crippen LogP contribution in [0.4, 0.5) is 0 Å². The van der Waals surface area contributed by atoms with Gasteiger partial charge in [-0.2, -0.15) is 0 Å². The van der Waals surface area contributed by atoms with Crippen LogP contribution in [0.3, 0.4) is 0 Å². The maximum Gasteiger partial charge on any atom is 0.0914 e. The fourth-order valence-corrected chi connectivity index (χ4v) is 3.21. The molecular weight excluding hydrogens is 258 g/mol. The van der Waals surface area contributed by atoms with Gasteiger partial charge in [-0.1, -0.05) is 45.0 Å². The van der Waals surface area contributed by atoms with E-state index in [0.29, 0.717) is 18.5 Å². The Hall–Kier alpha value is -0.860. The summed E-state index contributed by atoms with van der Waals surface area (Å²) in [6.07, 6.45) is 5.85. The molecule has 1 fully saturated rings. The summed E-state index contributed by atoms with van der Waals surface area (Å²) in [4.78, 5) is 0. The van der Waals surface area contributed by atoms with Crippen LogP contribution in [-0.2, 0) is 6.42 Å². The highest BCUT2D eigenvalue weighted by Gasteiger charge is 2.18. The Kier molecular flexibility index (Phi) is 6.25. The molecule has 2 N–H and O–H groups in total. The average Bonchev–Trinajstić information content (AvgIpc) is 2.46. The molecule has 1 atom stereocenters. The number of hydrogen-bond donors (Lipinski definition) is 2. The van der Waals surface area contributed by atoms with Crippen LogP contribution in [0.25, 0.3) is 0 Å². The molecule has 2 heteroatoms. The zero-order chi connectivity index (χ0) is 15.2. The number of rotatable bonds is 6. The quantitative estimate of drug-likeness (QED) is 0.827. The second-order valence-corrected chi connectivity index (χ2v) is 7.22. The molecule has 118 valence electrons. The summed E-state index contributed by atoms with van der Waals surface area (Å²) < 4.78 is 0. The van der Waals surface area contributed by atoms with Crippen LogP contribution in [0.1, 0.15) is 63.7 Å². The number of hydrogen-bond acceptors (Lipinski definition) is 2. The molecule has 1 aromatic rings. The topological polar surface area (TPSA) is 32.3 Å². The summed E-state index contributed by atoms with van der Waals surface area (Å²) in [6.45, 7) is 7.47. The van der Waals surface area contributed by atoms with E-state index in [-0.39, 0.29) is 0 Å². The van der Waals surface area contributed by atoms with Crippen LogP contribution in [0.15, 0.2) is 24.3 Å². The van der Waals surface area contributed by atoms with Crippen molar-refractivity contribution in [3.8, 4) is 0 Å². The van der Waals surface area contributed by atoms with Crippen LogP contribution in [-0.4, -0.2) is 17.7 Å². The maximum atomic E-state index is 10.3. The van der Waals surface area contributed by atoms with E-state index in [2.05, 4.69) is 50.4 Å². The van der Waals surface area contributed by atoms with Crippen LogP contribution in [0.2, 0.25) is 0 Å². The lowest BCUT2D eigenvalue weighted by molar-refractivity contribution is 0.163. The molecule has 1 unspecified atom stereocenters. The lowest BCUT2D eigenvalue weighted by Gasteiger charge is -2.28. The fourth-order valence-electron chi connectivity index (χ4n) is 3.21. The van der Waals surface area contributed by atoms with Gasteiger partial charge in [0.05, 0.1) is 6.10 Å². The molecular formula is C19H31NO. The first kappa shape index (κ1) is 16.5. The van der Waals surface area contributed by atoms with Gasteiger partial charge in [0.25, 0.3) is 0 Å². The molecule has 0 aliphatic heterocycles. The van der Waals surface area contributed by atoms with Crippen molar-refractivity contribution in [3.05, 3.63) is 35.4 Å². The molecule has 0 aromatic heterocycles. The summed E-state index contributed by atoms with van der Waals surface area (Å²) in [6, 6.07) is 9.05. The van der Waals surface area contributed by atoms with Gasteiger partial charge in [-0.25, -0.2) is 0 Å². The molecule has 0 radical (unpaired) electrons. The highest BCUT2D eigenvalue weighted by molar-refractivity contribution is 5.24. The minimum absolute atomic E-state index is 0.391. The van der Waals surface area contributed by atoms with Crippen molar-refractivity contribution < 1.29 is 5.11 Å². The molecule has 0 bridgehead atoms. The molecule has 1 aliphatic rings. The lowest BCUT2D eigenvalue weighted by atomic mass is 9.87. The molecule has 0 amide bonds. The summed E-state index contributed by atoms with van der Waals surface area (Å²) in [5, 5.41) is 13.9. The smallest absolute Gasteiger partial charge is 0.0914 e. The van der Waals surface area contributed by atoms with Crippen molar-refractivity contribution in [3.63, 3.8) is 0 Å². The first-order valence-electron chi connectivity index (χ1n) is 8.55. The van der Waals surface area contributed by atoms with Crippen LogP contribution in [0, 0.1) is 11.8 Å². The molecule has 21 heavy (non-hydrogen) atoms. The third-order valence-corrected chi connectivity index (χ3v) is 4.62. The van der Waals surface area contributed by atoms with Crippen LogP contribution in [0.5, 0.6) is 0 Å². The number of aliphatic hydroxyl groups is 1. The Balaban J connectivity index is 1.78. The minimum atomic E-state index is -0.391. The van der Waals surface area contributed by atoms with E-state index >= 15 is 0 Å². The summed E-state index contributed by atoms with van der Waals surface area (Å²) in [5.41, 5.74) is 2.38. The zero-order valence-electron chi connectivity index (χ0n) is 13.8. The lowest BCUT2D eigenvalue weighted by Crippen LogP contribution is -2.35. The molecule has 0 heterocycles. The van der Waals surface area contributed by atoms with Crippen molar-refractivity contribution in [1.82, 2.24) is 5.32 Å². The van der Waals surface area contributed by atoms with E-state index < -0.39 is 6.10 Å². The van der Waals surface area contributed by atoms with Crippen molar-refractivity contribution in [2.24, 2.45) is 11.8 Å². The SMILES string of the molecule is CC(C)Cc1ccc(C(O)CNC2CCC(C)CC2)cc1. The van der Waals surface area contributed by atoms with Gasteiger partial charge >= 0.3 is 0 Å². The highest BCUT2D eigenvalue weighted by atomic mass is 16.3. The Morgan fingerprint density at radius 2 is 1.71 bits per heavy atom. The zero-order valence-corrected chi connectivity index (χ0v) is 13.8. The van der Waals surface area contributed by atoms with E-state index in [9.17, 15) is 5.11 Å². The van der Waals surface area contributed by atoms with Gasteiger partial charge in [-0.05, 0) is 55.1 Å². The third kappa shape index (κ3) is 5.44. The predicted molar refractivity (Wildman–Crippen MR) is 89.4 cm³/mol. The third-order valence-electron chi connectivity index (χ3n) is 4.62. The maximum absolute atomic E-state index is 10.3. The Morgan fingerprint density at radius 3 is 2.29 bits per heavy atom. The molecule has 0 saturated heterocycles. The Morgan fingerprint density at radius 1 is 1.10 bits per heavy atom. The molecule has 0 spiro atoms. The summed E-state index contributed by atoms with van der Waals surface area (Å²) in [5.74, 6) is 1.55. The van der Waals surface area contributed by atoms with E-state index in [0.717, 1.165) is 17.9 Å². The number of nitrogens with one attached hydrogen (secondary N) is 1. The van der Waals surface area contributed by atoms with Crippen molar-refractivity contribution >= 4 is 0 Å². The minimum Gasteiger partial charge on any atom is -0.387 e. The second-order valence-electron chi connectivity index (χ2n) is 7.22. The van der Waals surface area contributed by atoms with E-state index in [4.69, 9.17) is 0 Å². The van der Waals surface area contributed by atoms with E-state index in [1.54, 1.807) is 0 Å². The van der Waals surface area contributed by atoms with Gasteiger partial charge in [-0.15, -0.1) is 0 Å². The van der Waals surface area contributed by atoms with E-state index in [1.807, 2.05) is 0 Å². The monoisotopic (exact) mass is 289 g/mol. The Labute approximate surface area is 130 Å². The number of benzene rings is 1. The normalized spacial score (nSPS) is 24.2. The average molecular weight is 289 g/mol. The molecule has 1 aliphatic carbocycles. The largest absolute Gasteiger partial charge is 0.387 e. The highest BCUT2D eigenvalue weighted by Crippen LogP contribution is 2.24. The predicted octanol–water partition coefficient (Wildman–Crippen LogP) is 4.09. The summed E-state index contributed by atoms with van der Waals surface area (Å²) >= 11 is 0. The number of aliphatic hydroxyl groups excluding tert-OH is 1. The van der Waals surface area contributed by atoms with Crippen molar-refractivity contribution in [2.75, 3.05) is 6.54 Å². The van der Waals surface area contributed by atoms with Crippen LogP contribution >= 0.6 is 0 Å². The Bertz CT molecular complexity index is 404. The molecule has 2 rings (SSSR count). The van der Waals surface area contributed by atoms with Gasteiger partial charge in [0.2, 0.25) is 0 Å². The van der Waals surface area contributed by atoms with Crippen LogP contribution < -0.4 is 5.32 Å². The van der Waals surface area contributed by atoms with Crippen molar-refractivity contribution in [2.45, 2.75) is 65.0 Å². The first-order chi connectivity index (χ1) is 10.0. The van der Waals surface area contributed by atoms with Crippen molar-refractivity contribution in [1.29, 1.82) is 0 Å². The van der Waals surface area contributed by atoms with E-state index in [1.165, 1.54) is 31.2 Å². The molecule has 2 nitrogen and oxygen atoms in total. The van der Waals surface area contributed by atoms with Gasteiger partial charge in [-0.3, -0.25) is 0 Å². The van der Waals surface area contributed by atoms with Gasteiger partial charge < -0.3 is 10.4 Å². The van der Waals surface area contributed by atoms with Gasteiger partial charge in [0.1, 0.15) is 0 Å². The second kappa shape index (κ2) is 7.95. The summed E-state index contributed by atoms with van der Waals surface area (Å²) in [7, 11) is 0. The molecule has 1 saturated carbocycles. The van der Waals surface area contributed by atoms with Gasteiger partial charge in [0.15, 0.2) is 0 Å². The molecule has 1 aromatic carbocycles.